The van der Waals surface area contributed by atoms with Gasteiger partial charge in [-0.1, -0.05) is 35.5 Å². The van der Waals surface area contributed by atoms with Gasteiger partial charge in [0.15, 0.2) is 5.82 Å². The van der Waals surface area contributed by atoms with Crippen LogP contribution in [0.3, 0.4) is 0 Å². The van der Waals surface area contributed by atoms with Gasteiger partial charge in [-0.15, -0.1) is 0 Å². The number of aryl methyl sites for hydroxylation is 1. The maximum absolute atomic E-state index is 6.04. The minimum Gasteiger partial charge on any atom is -0.338 e. The number of hydrogen-bond acceptors (Lipinski definition) is 5. The second-order valence-electron chi connectivity index (χ2n) is 3.88. The lowest BCUT2D eigenvalue weighted by atomic mass is 10.1. The molecular formula is C12H16N4O. The number of benzene rings is 1. The van der Waals surface area contributed by atoms with Crippen molar-refractivity contribution >= 4 is 0 Å². The van der Waals surface area contributed by atoms with E-state index in [2.05, 4.69) is 15.5 Å². The highest BCUT2D eigenvalue weighted by atomic mass is 16.5. The number of nitrogens with one attached hydrogen (secondary N) is 1. The predicted molar refractivity (Wildman–Crippen MR) is 64.1 cm³/mol. The minimum absolute atomic E-state index is 0.0276. The third kappa shape index (κ3) is 3.37. The summed E-state index contributed by atoms with van der Waals surface area (Å²) in [6.45, 7) is 3.01. The van der Waals surface area contributed by atoms with Crippen LogP contribution in [0.25, 0.3) is 0 Å². The van der Waals surface area contributed by atoms with Crippen molar-refractivity contribution < 1.29 is 4.52 Å². The molecule has 0 spiro atoms. The van der Waals surface area contributed by atoms with Crippen LogP contribution in [0.15, 0.2) is 34.9 Å². The van der Waals surface area contributed by atoms with E-state index in [1.807, 2.05) is 30.3 Å². The van der Waals surface area contributed by atoms with Crippen LogP contribution in [0.2, 0.25) is 0 Å². The quantitative estimate of drug-likeness (QED) is 0.809. The van der Waals surface area contributed by atoms with Crippen molar-refractivity contribution in [1.29, 1.82) is 0 Å². The Hall–Kier alpha value is -1.72. The molecule has 0 aliphatic rings. The molecule has 0 radical (unpaired) electrons. The zero-order chi connectivity index (χ0) is 12.1. The van der Waals surface area contributed by atoms with Gasteiger partial charge >= 0.3 is 0 Å². The summed E-state index contributed by atoms with van der Waals surface area (Å²) in [5.41, 5.74) is 7.15. The van der Waals surface area contributed by atoms with Crippen LogP contribution >= 0.6 is 0 Å². The van der Waals surface area contributed by atoms with E-state index in [-0.39, 0.29) is 6.04 Å². The van der Waals surface area contributed by atoms with Gasteiger partial charge in [0.05, 0.1) is 6.54 Å². The van der Waals surface area contributed by atoms with Crippen LogP contribution in [-0.2, 0) is 6.54 Å². The Morgan fingerprint density at radius 1 is 1.35 bits per heavy atom. The average molecular weight is 232 g/mol. The van der Waals surface area contributed by atoms with Gasteiger partial charge in [-0.25, -0.2) is 0 Å². The van der Waals surface area contributed by atoms with Crippen LogP contribution in [0.1, 0.15) is 23.3 Å². The molecule has 0 aliphatic heterocycles. The maximum atomic E-state index is 6.04. The molecule has 1 aromatic heterocycles. The molecule has 1 atom stereocenters. The van der Waals surface area contributed by atoms with E-state index >= 15 is 0 Å². The largest absolute Gasteiger partial charge is 0.338 e. The Bertz CT molecular complexity index is 455. The molecule has 0 saturated heterocycles. The van der Waals surface area contributed by atoms with Gasteiger partial charge in [0.2, 0.25) is 5.89 Å². The molecule has 17 heavy (non-hydrogen) atoms. The summed E-state index contributed by atoms with van der Waals surface area (Å²) >= 11 is 0. The van der Waals surface area contributed by atoms with Gasteiger partial charge in [-0.05, 0) is 12.5 Å². The van der Waals surface area contributed by atoms with Crippen molar-refractivity contribution in [3.8, 4) is 0 Å². The summed E-state index contributed by atoms with van der Waals surface area (Å²) < 4.78 is 4.99. The molecule has 1 aromatic carbocycles. The summed E-state index contributed by atoms with van der Waals surface area (Å²) in [6, 6.07) is 9.95. The fourth-order valence-corrected chi connectivity index (χ4v) is 1.56. The van der Waals surface area contributed by atoms with Crippen LogP contribution in [0.5, 0.6) is 0 Å². The van der Waals surface area contributed by atoms with Gasteiger partial charge in [-0.2, -0.15) is 4.98 Å². The Morgan fingerprint density at radius 3 is 2.76 bits per heavy atom. The first-order valence-electron chi connectivity index (χ1n) is 5.56. The standard InChI is InChI=1S/C12H16N4O/c1-9-15-12(17-16-9)8-14-7-11(13)10-5-3-2-4-6-10/h2-6,11,14H,7-8,13H2,1H3. The zero-order valence-electron chi connectivity index (χ0n) is 9.76. The van der Waals surface area contributed by atoms with Gasteiger partial charge in [0.1, 0.15) is 0 Å². The van der Waals surface area contributed by atoms with E-state index in [1.165, 1.54) is 0 Å². The van der Waals surface area contributed by atoms with Gasteiger partial charge in [-0.3, -0.25) is 0 Å². The van der Waals surface area contributed by atoms with E-state index in [1.54, 1.807) is 6.92 Å². The molecule has 0 amide bonds. The van der Waals surface area contributed by atoms with Crippen molar-refractivity contribution in [2.24, 2.45) is 5.73 Å². The molecule has 0 aliphatic carbocycles. The zero-order valence-corrected chi connectivity index (χ0v) is 9.76. The maximum Gasteiger partial charge on any atom is 0.240 e. The number of rotatable bonds is 5. The predicted octanol–water partition coefficient (Wildman–Crippen LogP) is 1.17. The fraction of sp³-hybridized carbons (Fsp3) is 0.333. The van der Waals surface area contributed by atoms with Crippen LogP contribution < -0.4 is 11.1 Å². The molecule has 2 aromatic rings. The molecule has 5 nitrogen and oxygen atoms in total. The third-order valence-corrected chi connectivity index (χ3v) is 2.44. The SMILES string of the molecule is Cc1noc(CNCC(N)c2ccccc2)n1. The molecule has 5 heteroatoms. The first-order valence-corrected chi connectivity index (χ1v) is 5.56. The van der Waals surface area contributed by atoms with E-state index in [0.29, 0.717) is 24.8 Å². The van der Waals surface area contributed by atoms with Crippen molar-refractivity contribution in [2.75, 3.05) is 6.54 Å². The monoisotopic (exact) mass is 232 g/mol. The number of nitrogens with zero attached hydrogens (tertiary/aromatic N) is 2. The molecule has 0 fully saturated rings. The molecule has 1 heterocycles. The number of nitrogens with two attached hydrogens (primary N) is 1. The molecule has 0 bridgehead atoms. The highest BCUT2D eigenvalue weighted by Gasteiger charge is 2.06. The van der Waals surface area contributed by atoms with Gasteiger partial charge in [0.25, 0.3) is 0 Å². The summed E-state index contributed by atoms with van der Waals surface area (Å²) in [4.78, 5) is 4.10. The first kappa shape index (κ1) is 11.8. The Labute approximate surface area is 100 Å². The summed E-state index contributed by atoms with van der Waals surface area (Å²) in [7, 11) is 0. The lowest BCUT2D eigenvalue weighted by molar-refractivity contribution is 0.362. The van der Waals surface area contributed by atoms with Gasteiger partial charge < -0.3 is 15.6 Å². The van der Waals surface area contributed by atoms with Crippen molar-refractivity contribution in [3.05, 3.63) is 47.6 Å². The highest BCUT2D eigenvalue weighted by Crippen LogP contribution is 2.08. The Kier molecular flexibility index (Phi) is 3.85. The van der Waals surface area contributed by atoms with Gasteiger partial charge in [0, 0.05) is 12.6 Å². The van der Waals surface area contributed by atoms with Crippen LogP contribution in [0, 0.1) is 6.92 Å². The minimum atomic E-state index is -0.0276. The first-order chi connectivity index (χ1) is 8.25. The van der Waals surface area contributed by atoms with Crippen molar-refractivity contribution in [3.63, 3.8) is 0 Å². The van der Waals surface area contributed by atoms with E-state index in [9.17, 15) is 0 Å². The smallest absolute Gasteiger partial charge is 0.240 e. The van der Waals surface area contributed by atoms with E-state index in [0.717, 1.165) is 5.56 Å². The highest BCUT2D eigenvalue weighted by molar-refractivity contribution is 5.18. The molecule has 0 saturated carbocycles. The third-order valence-electron chi connectivity index (χ3n) is 2.44. The summed E-state index contributed by atoms with van der Waals surface area (Å²) in [5.74, 6) is 1.23. The second-order valence-corrected chi connectivity index (χ2v) is 3.88. The lowest BCUT2D eigenvalue weighted by Gasteiger charge is -2.11. The second kappa shape index (κ2) is 5.56. The molecule has 90 valence electrons. The lowest BCUT2D eigenvalue weighted by Crippen LogP contribution is -2.26. The van der Waals surface area contributed by atoms with E-state index in [4.69, 9.17) is 10.3 Å². The Morgan fingerprint density at radius 2 is 2.12 bits per heavy atom. The molecule has 3 N–H and O–H groups in total. The fourth-order valence-electron chi connectivity index (χ4n) is 1.56. The topological polar surface area (TPSA) is 77.0 Å². The number of hydrogen-bond donors (Lipinski definition) is 2. The number of aromatic nitrogens is 2. The van der Waals surface area contributed by atoms with Crippen LogP contribution in [0.4, 0.5) is 0 Å². The van der Waals surface area contributed by atoms with E-state index < -0.39 is 0 Å². The van der Waals surface area contributed by atoms with Crippen molar-refractivity contribution in [1.82, 2.24) is 15.5 Å². The summed E-state index contributed by atoms with van der Waals surface area (Å²) in [5, 5.41) is 6.91. The van der Waals surface area contributed by atoms with Crippen LogP contribution in [-0.4, -0.2) is 16.7 Å². The molecular weight excluding hydrogens is 216 g/mol. The summed E-state index contributed by atoms with van der Waals surface area (Å²) in [6.07, 6.45) is 0. The normalized spacial score (nSPS) is 12.6. The molecule has 1 unspecified atom stereocenters. The average Bonchev–Trinajstić information content (AvgIpc) is 2.76. The molecule has 2 rings (SSSR count). The Balaban J connectivity index is 1.79. The van der Waals surface area contributed by atoms with Crippen molar-refractivity contribution in [2.45, 2.75) is 19.5 Å².